The molecule has 1 N–H and O–H groups in total. The number of rotatable bonds is 9. The Morgan fingerprint density at radius 2 is 1.65 bits per heavy atom. The smallest absolute Gasteiger partial charge is 0.280 e. The van der Waals surface area contributed by atoms with Gasteiger partial charge in [-0.2, -0.15) is 10.2 Å². The Labute approximate surface area is 268 Å². The number of carbonyl (C=O) groups excluding carboxylic acids is 1. The lowest BCUT2D eigenvalue weighted by molar-refractivity contribution is 0.0989. The van der Waals surface area contributed by atoms with Crippen LogP contribution in [-0.2, 0) is 19.5 Å². The summed E-state index contributed by atoms with van der Waals surface area (Å²) in [5, 5.41) is 16.9. The number of hydrogen-bond donors (Lipinski definition) is 1. The third-order valence-corrected chi connectivity index (χ3v) is 8.81. The second kappa shape index (κ2) is 12.7. The maximum atomic E-state index is 13.7. The highest BCUT2D eigenvalue weighted by Gasteiger charge is 2.21. The predicted molar refractivity (Wildman–Crippen MR) is 181 cm³/mol. The number of nitrogens with zero attached hydrogens (tertiary/aromatic N) is 6. The van der Waals surface area contributed by atoms with Gasteiger partial charge in [-0.05, 0) is 57.1 Å². The first-order valence-electron chi connectivity index (χ1n) is 14.9. The Morgan fingerprint density at radius 1 is 0.870 bits per heavy atom. The molecule has 0 saturated carbocycles. The van der Waals surface area contributed by atoms with Crippen molar-refractivity contribution in [2.45, 2.75) is 26.4 Å². The van der Waals surface area contributed by atoms with Gasteiger partial charge in [0.05, 0.1) is 22.3 Å². The lowest BCUT2D eigenvalue weighted by Gasteiger charge is -2.24. The zero-order chi connectivity index (χ0) is 31.5. The summed E-state index contributed by atoms with van der Waals surface area (Å²) in [5.74, 6) is 1.13. The number of benzene rings is 4. The van der Waals surface area contributed by atoms with Crippen molar-refractivity contribution in [3.05, 3.63) is 147 Å². The molecule has 3 heterocycles. The maximum absolute atomic E-state index is 13.7. The van der Waals surface area contributed by atoms with Gasteiger partial charge in [0.15, 0.2) is 0 Å². The quantitative estimate of drug-likeness (QED) is 0.190. The van der Waals surface area contributed by atoms with Crippen LogP contribution in [0.15, 0.2) is 119 Å². The molecule has 7 aromatic rings. The van der Waals surface area contributed by atoms with Crippen molar-refractivity contribution in [3.8, 4) is 22.5 Å². The number of fused-ring (bicyclic) bond motifs is 1. The fraction of sp³-hybridized carbons (Fsp3) is 0.111. The Bertz CT molecular complexity index is 2180. The van der Waals surface area contributed by atoms with Crippen molar-refractivity contribution in [1.82, 2.24) is 30.2 Å². The van der Waals surface area contributed by atoms with E-state index in [0.717, 1.165) is 33.3 Å². The number of tetrazole rings is 1. The van der Waals surface area contributed by atoms with Crippen molar-refractivity contribution in [2.24, 2.45) is 0 Å². The van der Waals surface area contributed by atoms with Crippen LogP contribution in [0.25, 0.3) is 33.4 Å². The molecule has 4 aromatic carbocycles. The van der Waals surface area contributed by atoms with Crippen LogP contribution in [0.4, 0.5) is 5.69 Å². The number of aryl methyl sites for hydroxylation is 1. The number of nitrogens with one attached hydrogen (secondary N) is 1. The Balaban J connectivity index is 1.24. The molecule has 9 nitrogen and oxygen atoms in total. The SMILES string of the molecule is CCc1nc(=O)c2cc(N(Cc3ccccc3)C(=O)c3cccs3)ccc2n1Cc1ccc(-c2ccccc2-c2nn[nH]n2)cc1. The number of H-pyrrole nitrogens is 1. The molecule has 10 heteroatoms. The van der Waals surface area contributed by atoms with Gasteiger partial charge in [-0.15, -0.1) is 21.5 Å². The van der Waals surface area contributed by atoms with Gasteiger partial charge in [0, 0.05) is 24.2 Å². The lowest BCUT2D eigenvalue weighted by Crippen LogP contribution is -2.30. The van der Waals surface area contributed by atoms with E-state index in [2.05, 4.69) is 54.4 Å². The Kier molecular flexibility index (Phi) is 8.01. The average Bonchev–Trinajstić information content (AvgIpc) is 3.85. The fourth-order valence-electron chi connectivity index (χ4n) is 5.68. The molecule has 0 spiro atoms. The first-order chi connectivity index (χ1) is 22.6. The van der Waals surface area contributed by atoms with Crippen molar-refractivity contribution in [3.63, 3.8) is 0 Å². The van der Waals surface area contributed by atoms with Crippen molar-refractivity contribution in [1.29, 1.82) is 0 Å². The van der Waals surface area contributed by atoms with Crippen molar-refractivity contribution in [2.75, 3.05) is 4.90 Å². The zero-order valence-electron chi connectivity index (χ0n) is 25.0. The minimum absolute atomic E-state index is 0.113. The Hall–Kier alpha value is -5.74. The summed E-state index contributed by atoms with van der Waals surface area (Å²) in [4.78, 5) is 33.9. The summed E-state index contributed by atoms with van der Waals surface area (Å²) >= 11 is 1.40. The van der Waals surface area contributed by atoms with E-state index in [4.69, 9.17) is 0 Å². The second-order valence-corrected chi connectivity index (χ2v) is 11.8. The largest absolute Gasteiger partial charge is 0.325 e. The molecule has 0 unspecified atom stereocenters. The van der Waals surface area contributed by atoms with E-state index in [1.165, 1.54) is 11.3 Å². The molecule has 46 heavy (non-hydrogen) atoms. The number of aromatic amines is 1. The molecule has 3 aromatic heterocycles. The summed E-state index contributed by atoms with van der Waals surface area (Å²) < 4.78 is 2.09. The van der Waals surface area contributed by atoms with E-state index in [-0.39, 0.29) is 11.5 Å². The molecular weight excluding hydrogens is 595 g/mol. The molecule has 226 valence electrons. The standard InChI is InChI=1S/C36H29N7O2S/c1-2-33-37-35(44)30-21-27(42(22-24-9-4-3-5-10-24)36(45)32-13-8-20-46-32)18-19-31(30)43(33)23-25-14-16-26(17-15-25)28-11-6-7-12-29(28)34-38-40-41-39-34/h3-21H,2,22-23H2,1H3,(H,38,39,40,41). The molecular formula is C36H29N7O2S. The summed E-state index contributed by atoms with van der Waals surface area (Å²) in [7, 11) is 0. The van der Waals surface area contributed by atoms with E-state index < -0.39 is 0 Å². The summed E-state index contributed by atoms with van der Waals surface area (Å²) in [6.07, 6.45) is 0.597. The highest BCUT2D eigenvalue weighted by molar-refractivity contribution is 7.12. The molecule has 0 aliphatic heterocycles. The number of hydrogen-bond acceptors (Lipinski definition) is 7. The third-order valence-electron chi connectivity index (χ3n) is 7.95. The number of carbonyl (C=O) groups is 1. The van der Waals surface area contributed by atoms with Gasteiger partial charge in [0.1, 0.15) is 5.82 Å². The molecule has 0 fully saturated rings. The third kappa shape index (κ3) is 5.73. The first kappa shape index (κ1) is 29.0. The molecule has 7 rings (SSSR count). The Morgan fingerprint density at radius 3 is 2.37 bits per heavy atom. The summed E-state index contributed by atoms with van der Waals surface area (Å²) in [6, 6.07) is 35.5. The van der Waals surface area contributed by atoms with Crippen LogP contribution < -0.4 is 10.5 Å². The van der Waals surface area contributed by atoms with E-state index in [9.17, 15) is 9.59 Å². The minimum Gasteiger partial charge on any atom is -0.325 e. The van der Waals surface area contributed by atoms with Crippen LogP contribution in [0.1, 0.15) is 33.5 Å². The molecule has 0 atom stereocenters. The van der Waals surface area contributed by atoms with Crippen LogP contribution in [0.5, 0.6) is 0 Å². The molecule has 0 saturated heterocycles. The minimum atomic E-state index is -0.304. The molecule has 0 aliphatic rings. The van der Waals surface area contributed by atoms with Gasteiger partial charge in [-0.25, -0.2) is 0 Å². The van der Waals surface area contributed by atoms with E-state index in [1.807, 2.05) is 91.2 Å². The monoisotopic (exact) mass is 623 g/mol. The number of aromatic nitrogens is 6. The topological polar surface area (TPSA) is 110 Å². The molecule has 0 aliphatic carbocycles. The molecule has 1 amide bonds. The van der Waals surface area contributed by atoms with Crippen LogP contribution in [0.2, 0.25) is 0 Å². The highest BCUT2D eigenvalue weighted by Crippen LogP contribution is 2.30. The highest BCUT2D eigenvalue weighted by atomic mass is 32.1. The van der Waals surface area contributed by atoms with Gasteiger partial charge < -0.3 is 9.47 Å². The maximum Gasteiger partial charge on any atom is 0.280 e. The lowest BCUT2D eigenvalue weighted by atomic mass is 9.98. The van der Waals surface area contributed by atoms with Crippen LogP contribution in [0, 0.1) is 0 Å². The average molecular weight is 624 g/mol. The van der Waals surface area contributed by atoms with Gasteiger partial charge in [0.2, 0.25) is 5.82 Å². The van der Waals surface area contributed by atoms with Crippen LogP contribution in [0.3, 0.4) is 0 Å². The van der Waals surface area contributed by atoms with Crippen LogP contribution in [-0.4, -0.2) is 36.1 Å². The van der Waals surface area contributed by atoms with Gasteiger partial charge >= 0.3 is 0 Å². The van der Waals surface area contributed by atoms with Crippen molar-refractivity contribution < 1.29 is 4.79 Å². The van der Waals surface area contributed by atoms with Gasteiger partial charge in [-0.3, -0.25) is 9.59 Å². The van der Waals surface area contributed by atoms with E-state index in [0.29, 0.717) is 47.1 Å². The normalized spacial score (nSPS) is 11.2. The zero-order valence-corrected chi connectivity index (χ0v) is 25.8. The van der Waals surface area contributed by atoms with E-state index >= 15 is 0 Å². The van der Waals surface area contributed by atoms with E-state index in [1.54, 1.807) is 11.0 Å². The van der Waals surface area contributed by atoms with Gasteiger partial charge in [-0.1, -0.05) is 91.9 Å². The summed E-state index contributed by atoms with van der Waals surface area (Å²) in [6.45, 7) is 2.90. The molecule has 0 radical (unpaired) electrons. The number of thiophene rings is 1. The van der Waals surface area contributed by atoms with Gasteiger partial charge in [0.25, 0.3) is 11.5 Å². The second-order valence-electron chi connectivity index (χ2n) is 10.8. The van der Waals surface area contributed by atoms with Crippen molar-refractivity contribution >= 4 is 33.8 Å². The first-order valence-corrected chi connectivity index (χ1v) is 15.8. The molecule has 0 bridgehead atoms. The predicted octanol–water partition coefficient (Wildman–Crippen LogP) is 6.76. The number of anilines is 1. The van der Waals surface area contributed by atoms with Crippen LogP contribution >= 0.6 is 11.3 Å². The summed E-state index contributed by atoms with van der Waals surface area (Å²) in [5.41, 5.74) is 6.09. The number of amides is 1. The fourth-order valence-corrected chi connectivity index (χ4v) is 6.35.